The van der Waals surface area contributed by atoms with Crippen molar-refractivity contribution in [1.82, 2.24) is 14.5 Å². The second kappa shape index (κ2) is 7.19. The summed E-state index contributed by atoms with van der Waals surface area (Å²) in [6.45, 7) is 2.40. The Balaban J connectivity index is 1.51. The first-order valence-corrected chi connectivity index (χ1v) is 9.00. The van der Waals surface area contributed by atoms with Gasteiger partial charge in [0.05, 0.1) is 24.1 Å². The number of aromatic nitrogens is 3. The lowest BCUT2D eigenvalue weighted by molar-refractivity contribution is 0.622. The van der Waals surface area contributed by atoms with Crippen LogP contribution in [0, 0.1) is 11.3 Å². The number of benzene rings is 1. The third-order valence-electron chi connectivity index (χ3n) is 4.77. The van der Waals surface area contributed by atoms with Crippen molar-refractivity contribution in [2.75, 3.05) is 11.4 Å². The van der Waals surface area contributed by atoms with Crippen LogP contribution in [0.1, 0.15) is 22.5 Å². The van der Waals surface area contributed by atoms with Gasteiger partial charge in [-0.25, -0.2) is 9.97 Å². The summed E-state index contributed by atoms with van der Waals surface area (Å²) in [5.41, 5.74) is 4.13. The van der Waals surface area contributed by atoms with Crippen LogP contribution in [0.2, 0.25) is 5.02 Å². The number of nitriles is 1. The maximum absolute atomic E-state index is 9.16. The van der Waals surface area contributed by atoms with E-state index in [4.69, 9.17) is 16.9 Å². The van der Waals surface area contributed by atoms with Crippen molar-refractivity contribution in [1.29, 1.82) is 5.26 Å². The van der Waals surface area contributed by atoms with Gasteiger partial charge >= 0.3 is 0 Å². The van der Waals surface area contributed by atoms with Gasteiger partial charge in [-0.1, -0.05) is 41.9 Å². The van der Waals surface area contributed by atoms with Gasteiger partial charge in [0.2, 0.25) is 0 Å². The molecule has 1 aromatic carbocycles. The summed E-state index contributed by atoms with van der Waals surface area (Å²) in [6.07, 6.45) is 5.44. The molecule has 0 aliphatic carbocycles. The van der Waals surface area contributed by atoms with Gasteiger partial charge in [0.1, 0.15) is 16.9 Å². The van der Waals surface area contributed by atoms with Crippen LogP contribution in [0.3, 0.4) is 0 Å². The lowest BCUT2D eigenvalue weighted by Gasteiger charge is -2.28. The fourth-order valence-corrected chi connectivity index (χ4v) is 3.65. The minimum Gasteiger partial charge on any atom is -0.349 e. The van der Waals surface area contributed by atoms with E-state index in [-0.39, 0.29) is 0 Å². The second-order valence-corrected chi connectivity index (χ2v) is 6.72. The number of rotatable bonds is 4. The molecule has 0 unspecified atom stereocenters. The molecule has 0 saturated carbocycles. The number of nitrogens with zero attached hydrogens (tertiary/aromatic N) is 5. The number of imidazole rings is 1. The van der Waals surface area contributed by atoms with Crippen molar-refractivity contribution in [2.24, 2.45) is 0 Å². The zero-order valence-electron chi connectivity index (χ0n) is 14.3. The van der Waals surface area contributed by atoms with Crippen LogP contribution in [0.5, 0.6) is 0 Å². The van der Waals surface area contributed by atoms with E-state index in [2.05, 4.69) is 49.8 Å². The first kappa shape index (κ1) is 16.6. The molecule has 3 aromatic rings. The van der Waals surface area contributed by atoms with Gasteiger partial charge in [-0.05, 0) is 18.1 Å². The molecule has 3 heterocycles. The van der Waals surface area contributed by atoms with E-state index in [0.29, 0.717) is 22.9 Å². The maximum Gasteiger partial charge on any atom is 0.149 e. The molecule has 0 N–H and O–H groups in total. The SMILES string of the molecule is N#Cc1ccnc(N2CCc3c(ncn3CCc3ccccc3)C2)c1Cl. The van der Waals surface area contributed by atoms with Crippen LogP contribution >= 0.6 is 11.6 Å². The fraction of sp³-hybridized carbons (Fsp3) is 0.250. The highest BCUT2D eigenvalue weighted by atomic mass is 35.5. The molecule has 26 heavy (non-hydrogen) atoms. The van der Waals surface area contributed by atoms with E-state index in [9.17, 15) is 0 Å². The Kier molecular flexibility index (Phi) is 4.59. The zero-order valence-corrected chi connectivity index (χ0v) is 15.0. The molecule has 0 amide bonds. The largest absolute Gasteiger partial charge is 0.349 e. The Morgan fingerprint density at radius 3 is 2.81 bits per heavy atom. The summed E-state index contributed by atoms with van der Waals surface area (Å²) in [6, 6.07) is 14.2. The Morgan fingerprint density at radius 1 is 1.15 bits per heavy atom. The Labute approximate surface area is 157 Å². The fourth-order valence-electron chi connectivity index (χ4n) is 3.38. The van der Waals surface area contributed by atoms with Gasteiger partial charge in [0.15, 0.2) is 0 Å². The standard InChI is InChI=1S/C20H18ClN5/c21-19-16(12-22)6-9-23-20(19)25-11-8-18-17(13-25)24-14-26(18)10-7-15-4-2-1-3-5-15/h1-6,9,14H,7-8,10-11,13H2. The average Bonchev–Trinajstić information content (AvgIpc) is 3.09. The quantitative estimate of drug-likeness (QED) is 0.710. The molecular weight excluding hydrogens is 346 g/mol. The lowest BCUT2D eigenvalue weighted by atomic mass is 10.1. The van der Waals surface area contributed by atoms with Gasteiger partial charge < -0.3 is 9.47 Å². The number of hydrogen-bond acceptors (Lipinski definition) is 4. The topological polar surface area (TPSA) is 57.7 Å². The molecule has 0 bridgehead atoms. The Bertz CT molecular complexity index is 958. The highest BCUT2D eigenvalue weighted by Gasteiger charge is 2.24. The molecule has 1 aliphatic rings. The minimum atomic E-state index is 0.418. The van der Waals surface area contributed by atoms with E-state index in [1.165, 1.54) is 11.3 Å². The highest BCUT2D eigenvalue weighted by Crippen LogP contribution is 2.30. The monoisotopic (exact) mass is 363 g/mol. The van der Waals surface area contributed by atoms with Gasteiger partial charge in [-0.2, -0.15) is 5.26 Å². The van der Waals surface area contributed by atoms with Crippen molar-refractivity contribution >= 4 is 17.4 Å². The predicted molar refractivity (Wildman–Crippen MR) is 101 cm³/mol. The van der Waals surface area contributed by atoms with E-state index < -0.39 is 0 Å². The lowest BCUT2D eigenvalue weighted by Crippen LogP contribution is -2.32. The van der Waals surface area contributed by atoms with E-state index in [0.717, 1.165) is 31.6 Å². The van der Waals surface area contributed by atoms with Gasteiger partial charge in [-0.3, -0.25) is 0 Å². The number of pyridine rings is 1. The third-order valence-corrected chi connectivity index (χ3v) is 5.14. The molecule has 5 nitrogen and oxygen atoms in total. The van der Waals surface area contributed by atoms with Crippen molar-refractivity contribution in [3.05, 3.63) is 76.5 Å². The predicted octanol–water partition coefficient (Wildman–Crippen LogP) is 3.61. The van der Waals surface area contributed by atoms with Crippen LogP contribution < -0.4 is 4.90 Å². The molecule has 0 spiro atoms. The van der Waals surface area contributed by atoms with Crippen LogP contribution in [0.15, 0.2) is 48.9 Å². The number of fused-ring (bicyclic) bond motifs is 1. The summed E-state index contributed by atoms with van der Waals surface area (Å²) in [7, 11) is 0. The molecule has 0 atom stereocenters. The number of halogens is 1. The van der Waals surface area contributed by atoms with E-state index in [1.807, 2.05) is 12.4 Å². The van der Waals surface area contributed by atoms with E-state index >= 15 is 0 Å². The summed E-state index contributed by atoms with van der Waals surface area (Å²) in [5, 5.41) is 9.58. The van der Waals surface area contributed by atoms with Crippen LogP contribution in [0.25, 0.3) is 0 Å². The molecule has 130 valence electrons. The highest BCUT2D eigenvalue weighted by molar-refractivity contribution is 6.34. The number of hydrogen-bond donors (Lipinski definition) is 0. The average molecular weight is 364 g/mol. The Morgan fingerprint density at radius 2 is 2.00 bits per heavy atom. The first-order chi connectivity index (χ1) is 12.8. The number of anilines is 1. The van der Waals surface area contributed by atoms with Crippen LogP contribution in [-0.2, 0) is 25.9 Å². The minimum absolute atomic E-state index is 0.418. The summed E-state index contributed by atoms with van der Waals surface area (Å²) in [4.78, 5) is 11.1. The number of aryl methyl sites for hydroxylation is 2. The third kappa shape index (κ3) is 3.16. The summed E-state index contributed by atoms with van der Waals surface area (Å²) < 4.78 is 2.25. The molecule has 0 saturated heterocycles. The van der Waals surface area contributed by atoms with Crippen molar-refractivity contribution in [3.8, 4) is 6.07 Å². The van der Waals surface area contributed by atoms with Crippen molar-refractivity contribution < 1.29 is 0 Å². The maximum atomic E-state index is 9.16. The van der Waals surface area contributed by atoms with Crippen molar-refractivity contribution in [3.63, 3.8) is 0 Å². The molecule has 0 fully saturated rings. The molecule has 6 heteroatoms. The first-order valence-electron chi connectivity index (χ1n) is 8.62. The van der Waals surface area contributed by atoms with E-state index in [1.54, 1.807) is 12.3 Å². The summed E-state index contributed by atoms with van der Waals surface area (Å²) in [5.74, 6) is 0.662. The van der Waals surface area contributed by atoms with Crippen molar-refractivity contribution in [2.45, 2.75) is 25.9 Å². The molecular formula is C20H18ClN5. The van der Waals surface area contributed by atoms with Gasteiger partial charge in [-0.15, -0.1) is 0 Å². The molecule has 0 radical (unpaired) electrons. The second-order valence-electron chi connectivity index (χ2n) is 6.35. The van der Waals surface area contributed by atoms with Crippen LogP contribution in [-0.4, -0.2) is 21.1 Å². The smallest absolute Gasteiger partial charge is 0.149 e. The molecule has 1 aliphatic heterocycles. The molecule has 4 rings (SSSR count). The zero-order chi connectivity index (χ0) is 17.9. The Hall–Kier alpha value is -2.84. The molecule has 2 aromatic heterocycles. The summed E-state index contributed by atoms with van der Waals surface area (Å²) >= 11 is 6.34. The van der Waals surface area contributed by atoms with Crippen LogP contribution in [0.4, 0.5) is 5.82 Å². The van der Waals surface area contributed by atoms with Gasteiger partial charge in [0, 0.05) is 31.4 Å². The normalized spacial score (nSPS) is 13.3. The van der Waals surface area contributed by atoms with Gasteiger partial charge in [0.25, 0.3) is 0 Å².